The second-order valence-corrected chi connectivity index (χ2v) is 5.83. The number of hydrogen-bond acceptors (Lipinski definition) is 2. The van der Waals surface area contributed by atoms with Crippen LogP contribution in [0.3, 0.4) is 0 Å². The minimum atomic E-state index is -1.16. The summed E-state index contributed by atoms with van der Waals surface area (Å²) in [5.41, 5.74) is 0.00886. The second kappa shape index (κ2) is 5.41. The van der Waals surface area contributed by atoms with E-state index in [1.807, 2.05) is 44.2 Å². The Balaban J connectivity index is 2.76. The van der Waals surface area contributed by atoms with Gasteiger partial charge in [-0.05, 0) is 32.9 Å². The zero-order chi connectivity index (χ0) is 12.2. The average Bonchev–Trinajstić information content (AvgIpc) is 2.16. The van der Waals surface area contributed by atoms with Crippen molar-refractivity contribution in [1.82, 2.24) is 0 Å². The molecule has 0 bridgehead atoms. The normalized spacial score (nSPS) is 16.2. The number of hydrogen-bond donors (Lipinski definition) is 1. The maximum absolute atomic E-state index is 12.0. The molecule has 1 N–H and O–H groups in total. The molecule has 0 heterocycles. The van der Waals surface area contributed by atoms with Crippen LogP contribution in [0.2, 0.25) is 0 Å². The molecule has 0 spiro atoms. The predicted octanol–water partition coefficient (Wildman–Crippen LogP) is 2.51. The number of aliphatic hydroxyl groups is 1. The molecule has 0 radical (unpaired) electrons. The van der Waals surface area contributed by atoms with Gasteiger partial charge in [-0.2, -0.15) is 0 Å². The number of allylic oxidation sites excluding steroid dienone is 1. The molecule has 0 aromatic heterocycles. The molecule has 0 fully saturated rings. The molecule has 2 atom stereocenters. The third-order valence-electron chi connectivity index (χ3n) is 2.03. The number of benzene rings is 1. The molecule has 0 aliphatic heterocycles. The summed E-state index contributed by atoms with van der Waals surface area (Å²) in [4.78, 5) is 0.755. The fraction of sp³-hybridized carbons (Fsp3) is 0.385. The molecule has 2 unspecified atom stereocenters. The zero-order valence-corrected chi connectivity index (χ0v) is 10.8. The van der Waals surface area contributed by atoms with Crippen molar-refractivity contribution in [3.63, 3.8) is 0 Å². The van der Waals surface area contributed by atoms with Crippen molar-refractivity contribution in [1.29, 1.82) is 0 Å². The fourth-order valence-electron chi connectivity index (χ4n) is 1.58. The molecule has 0 amide bonds. The summed E-state index contributed by atoms with van der Waals surface area (Å²) in [6, 6.07) is 9.21. The summed E-state index contributed by atoms with van der Waals surface area (Å²) in [7, 11) is -1.16. The Hall–Kier alpha value is -0.930. The van der Waals surface area contributed by atoms with E-state index in [2.05, 4.69) is 0 Å². The minimum absolute atomic E-state index is 0.224. The van der Waals surface area contributed by atoms with Gasteiger partial charge in [-0.1, -0.05) is 29.8 Å². The Morgan fingerprint density at radius 3 is 2.44 bits per heavy atom. The van der Waals surface area contributed by atoms with Crippen LogP contribution >= 0.6 is 0 Å². The van der Waals surface area contributed by atoms with Gasteiger partial charge < -0.3 is 5.11 Å². The standard InChI is InChI=1S/C13H18O2S/c1-11(2)9-13(3,14)10-16(15)12-7-5-4-6-8-12/h4-9,14H,10H2,1-3H3. The van der Waals surface area contributed by atoms with Crippen molar-refractivity contribution >= 4 is 10.8 Å². The molecule has 0 aliphatic rings. The summed E-state index contributed by atoms with van der Waals surface area (Å²) in [6.45, 7) is 5.51. The first-order valence-corrected chi connectivity index (χ1v) is 6.54. The van der Waals surface area contributed by atoms with Gasteiger partial charge in [0.05, 0.1) is 22.2 Å². The van der Waals surface area contributed by atoms with Gasteiger partial charge in [0.15, 0.2) is 0 Å². The van der Waals surface area contributed by atoms with Crippen LogP contribution in [0.4, 0.5) is 0 Å². The first-order chi connectivity index (χ1) is 7.41. The smallest absolute Gasteiger partial charge is 0.0920 e. The van der Waals surface area contributed by atoms with Crippen LogP contribution in [-0.2, 0) is 10.8 Å². The molecular weight excluding hydrogens is 220 g/mol. The SMILES string of the molecule is CC(C)=CC(C)(O)CS(=O)c1ccccc1. The minimum Gasteiger partial charge on any atom is -0.385 e. The van der Waals surface area contributed by atoms with Gasteiger partial charge in [-0.15, -0.1) is 0 Å². The van der Waals surface area contributed by atoms with Gasteiger partial charge in [0.25, 0.3) is 0 Å². The Kier molecular flexibility index (Phi) is 4.44. The van der Waals surface area contributed by atoms with Gasteiger partial charge in [-0.3, -0.25) is 4.21 Å². The van der Waals surface area contributed by atoms with E-state index in [9.17, 15) is 9.32 Å². The predicted molar refractivity (Wildman–Crippen MR) is 67.8 cm³/mol. The molecule has 2 nitrogen and oxygen atoms in total. The maximum Gasteiger partial charge on any atom is 0.0920 e. The molecule has 3 heteroatoms. The third kappa shape index (κ3) is 4.29. The van der Waals surface area contributed by atoms with Crippen LogP contribution in [-0.4, -0.2) is 20.7 Å². The van der Waals surface area contributed by atoms with Crippen LogP contribution < -0.4 is 0 Å². The average molecular weight is 238 g/mol. The van der Waals surface area contributed by atoms with E-state index >= 15 is 0 Å². The van der Waals surface area contributed by atoms with Crippen molar-refractivity contribution in [2.45, 2.75) is 31.3 Å². The first kappa shape index (κ1) is 13.1. The van der Waals surface area contributed by atoms with Gasteiger partial charge >= 0.3 is 0 Å². The summed E-state index contributed by atoms with van der Waals surface area (Å²) >= 11 is 0. The molecule has 0 aliphatic carbocycles. The highest BCUT2D eigenvalue weighted by molar-refractivity contribution is 7.85. The molecule has 1 rings (SSSR count). The summed E-state index contributed by atoms with van der Waals surface area (Å²) in [6.07, 6.45) is 1.74. The molecule has 88 valence electrons. The van der Waals surface area contributed by atoms with Gasteiger partial charge in [0.1, 0.15) is 0 Å². The maximum atomic E-state index is 12.0. The monoisotopic (exact) mass is 238 g/mol. The zero-order valence-electron chi connectivity index (χ0n) is 9.93. The molecule has 0 saturated heterocycles. The van der Waals surface area contributed by atoms with E-state index in [4.69, 9.17) is 0 Å². The lowest BCUT2D eigenvalue weighted by molar-refractivity contribution is 0.136. The Morgan fingerprint density at radius 1 is 1.38 bits per heavy atom. The van der Waals surface area contributed by atoms with Crippen LogP contribution in [0, 0.1) is 0 Å². The summed E-state index contributed by atoms with van der Waals surface area (Å²) in [5.74, 6) is 0.224. The highest BCUT2D eigenvalue weighted by Crippen LogP contribution is 2.15. The van der Waals surface area contributed by atoms with Gasteiger partial charge in [-0.25, -0.2) is 0 Å². The summed E-state index contributed by atoms with van der Waals surface area (Å²) in [5, 5.41) is 10.0. The van der Waals surface area contributed by atoms with Crippen LogP contribution in [0.5, 0.6) is 0 Å². The lowest BCUT2D eigenvalue weighted by Gasteiger charge is -2.19. The van der Waals surface area contributed by atoms with E-state index in [0.717, 1.165) is 10.5 Å². The highest BCUT2D eigenvalue weighted by atomic mass is 32.2. The van der Waals surface area contributed by atoms with Crippen molar-refractivity contribution in [2.75, 3.05) is 5.75 Å². The van der Waals surface area contributed by atoms with Crippen LogP contribution in [0.25, 0.3) is 0 Å². The lowest BCUT2D eigenvalue weighted by atomic mass is 10.1. The third-order valence-corrected chi connectivity index (χ3v) is 3.67. The topological polar surface area (TPSA) is 37.3 Å². The van der Waals surface area contributed by atoms with Crippen molar-refractivity contribution in [3.05, 3.63) is 42.0 Å². The van der Waals surface area contributed by atoms with Crippen molar-refractivity contribution < 1.29 is 9.32 Å². The van der Waals surface area contributed by atoms with E-state index < -0.39 is 16.4 Å². The van der Waals surface area contributed by atoms with Gasteiger partial charge in [0.2, 0.25) is 0 Å². The van der Waals surface area contributed by atoms with E-state index in [-0.39, 0.29) is 5.75 Å². The van der Waals surface area contributed by atoms with E-state index in [1.54, 1.807) is 13.0 Å². The largest absolute Gasteiger partial charge is 0.385 e. The molecule has 16 heavy (non-hydrogen) atoms. The quantitative estimate of drug-likeness (QED) is 0.818. The van der Waals surface area contributed by atoms with E-state index in [0.29, 0.717) is 0 Å². The van der Waals surface area contributed by atoms with Crippen molar-refractivity contribution in [3.8, 4) is 0 Å². The van der Waals surface area contributed by atoms with Crippen molar-refractivity contribution in [2.24, 2.45) is 0 Å². The molecule has 1 aromatic rings. The highest BCUT2D eigenvalue weighted by Gasteiger charge is 2.21. The number of rotatable bonds is 4. The molecule has 1 aromatic carbocycles. The lowest BCUT2D eigenvalue weighted by Crippen LogP contribution is -2.29. The fourth-order valence-corrected chi connectivity index (χ4v) is 2.83. The first-order valence-electron chi connectivity index (χ1n) is 5.22. The second-order valence-electron chi connectivity index (χ2n) is 4.38. The molecule has 0 saturated carbocycles. The molecular formula is C13H18O2S. The Labute approximate surface area is 99.5 Å². The van der Waals surface area contributed by atoms with Crippen LogP contribution in [0.15, 0.2) is 46.9 Å². The van der Waals surface area contributed by atoms with Crippen LogP contribution in [0.1, 0.15) is 20.8 Å². The summed E-state index contributed by atoms with van der Waals surface area (Å²) < 4.78 is 12.0. The Bertz CT molecular complexity index is 390. The van der Waals surface area contributed by atoms with Gasteiger partial charge in [0, 0.05) is 4.90 Å². The van der Waals surface area contributed by atoms with E-state index in [1.165, 1.54) is 0 Å². The Morgan fingerprint density at radius 2 is 1.94 bits per heavy atom.